The highest BCUT2D eigenvalue weighted by Gasteiger charge is 2.68. The predicted octanol–water partition coefficient (Wildman–Crippen LogP) is 5.59. The molecule has 0 spiro atoms. The maximum Gasteiger partial charge on any atom is 0.342 e. The smallest absolute Gasteiger partial charge is 0.342 e. The Bertz CT molecular complexity index is 1670. The van der Waals surface area contributed by atoms with Gasteiger partial charge in [0, 0.05) is 49.0 Å². The Kier molecular flexibility index (Phi) is 8.08. The lowest BCUT2D eigenvalue weighted by Gasteiger charge is -2.21. The van der Waals surface area contributed by atoms with Crippen molar-refractivity contribution in [3.63, 3.8) is 0 Å². The molecule has 3 aromatic rings. The molecular formula is C38H44N6O4. The highest BCUT2D eigenvalue weighted by Crippen LogP contribution is 2.60. The lowest BCUT2D eigenvalue weighted by atomic mass is 9.86. The normalized spacial score (nSPS) is 27.1. The van der Waals surface area contributed by atoms with Crippen molar-refractivity contribution in [3.8, 4) is 0 Å². The number of anilines is 2. The summed E-state index contributed by atoms with van der Waals surface area (Å²) < 4.78 is 11.1. The molecule has 1 aromatic carbocycles. The van der Waals surface area contributed by atoms with E-state index in [1.807, 2.05) is 27.7 Å². The third-order valence-electron chi connectivity index (χ3n) is 10.1. The fourth-order valence-corrected chi connectivity index (χ4v) is 8.04. The molecule has 2 unspecified atom stereocenters. The van der Waals surface area contributed by atoms with E-state index in [1.54, 1.807) is 36.7 Å². The van der Waals surface area contributed by atoms with Crippen LogP contribution in [0.15, 0.2) is 70.9 Å². The van der Waals surface area contributed by atoms with Crippen molar-refractivity contribution < 1.29 is 19.1 Å². The van der Waals surface area contributed by atoms with Crippen molar-refractivity contribution in [2.75, 3.05) is 36.0 Å². The van der Waals surface area contributed by atoms with E-state index in [0.717, 1.165) is 24.3 Å². The molecule has 10 heteroatoms. The highest BCUT2D eigenvalue weighted by atomic mass is 16.5. The Morgan fingerprint density at radius 2 is 1.12 bits per heavy atom. The summed E-state index contributed by atoms with van der Waals surface area (Å²) in [5.74, 6) is 0.607. The third-order valence-corrected chi connectivity index (χ3v) is 10.1. The van der Waals surface area contributed by atoms with Crippen LogP contribution in [0.1, 0.15) is 86.2 Å². The molecule has 0 amide bonds. The van der Waals surface area contributed by atoms with E-state index in [1.165, 1.54) is 11.1 Å². The van der Waals surface area contributed by atoms with Crippen LogP contribution in [-0.2, 0) is 20.3 Å². The van der Waals surface area contributed by atoms with Crippen LogP contribution in [0.3, 0.4) is 0 Å². The molecule has 4 heterocycles. The van der Waals surface area contributed by atoms with Gasteiger partial charge in [-0.3, -0.25) is 9.98 Å². The second-order valence-corrected chi connectivity index (χ2v) is 13.7. The van der Waals surface area contributed by atoms with Gasteiger partial charge in [0.05, 0.1) is 36.1 Å². The van der Waals surface area contributed by atoms with Gasteiger partial charge in [-0.15, -0.1) is 0 Å². The summed E-state index contributed by atoms with van der Waals surface area (Å²) in [5.41, 5.74) is 5.28. The van der Waals surface area contributed by atoms with Crippen LogP contribution in [-0.4, -0.2) is 83.8 Å². The minimum absolute atomic E-state index is 0.161. The summed E-state index contributed by atoms with van der Waals surface area (Å²) in [7, 11) is 0. The number of piperidine rings is 2. The van der Waals surface area contributed by atoms with Crippen molar-refractivity contribution in [3.05, 3.63) is 83.2 Å². The van der Waals surface area contributed by atoms with Crippen molar-refractivity contribution in [2.45, 2.75) is 89.5 Å². The summed E-state index contributed by atoms with van der Waals surface area (Å²) in [6.45, 7) is 14.2. The van der Waals surface area contributed by atoms with E-state index in [4.69, 9.17) is 19.5 Å². The molecule has 48 heavy (non-hydrogen) atoms. The quantitative estimate of drug-likeness (QED) is 0.262. The van der Waals surface area contributed by atoms with E-state index < -0.39 is 0 Å². The second-order valence-electron chi connectivity index (χ2n) is 13.7. The fourth-order valence-electron chi connectivity index (χ4n) is 8.04. The molecule has 4 atom stereocenters. The number of nitrogens with zero attached hydrogens (tertiary/aromatic N) is 6. The van der Waals surface area contributed by atoms with Gasteiger partial charge >= 0.3 is 11.9 Å². The number of hydrogen-bond acceptors (Lipinski definition) is 10. The van der Waals surface area contributed by atoms with Crippen molar-refractivity contribution in [2.24, 2.45) is 9.98 Å². The van der Waals surface area contributed by atoms with Crippen LogP contribution < -0.4 is 9.80 Å². The Balaban J connectivity index is 1.18. The first kappa shape index (κ1) is 32.0. The number of aromatic nitrogens is 2. The van der Waals surface area contributed by atoms with Gasteiger partial charge in [0.15, 0.2) is 0 Å². The zero-order valence-electron chi connectivity index (χ0n) is 28.6. The molecule has 0 radical (unpaired) electrons. The molecule has 2 aliphatic heterocycles. The number of esters is 2. The first-order valence-electron chi connectivity index (χ1n) is 17.2. The van der Waals surface area contributed by atoms with Gasteiger partial charge in [-0.05, 0) is 89.8 Å². The number of carbonyl (C=O) groups excluding carboxylic acids is 2. The molecule has 2 aromatic heterocycles. The maximum atomic E-state index is 13.0. The standard InChI is InChI=1S/C38H44N6O4/c1-7-39-29-21-43(33-27(11-9-17-41-33)35(45)47-23(3)4)31-19-37(29,31)25-13-15-26(16-14-25)38-20-32(38)44(22-30(38)40-8-2)34-28(12-10-18-42-34)36(46)48-24(5)6/h9-18,23-24,31-32H,7-8,19-22H2,1-6H3/t31?,32?,37-,38-/m1/s1. The van der Waals surface area contributed by atoms with E-state index >= 15 is 0 Å². The van der Waals surface area contributed by atoms with E-state index in [9.17, 15) is 9.59 Å². The number of carbonyl (C=O) groups is 2. The van der Waals surface area contributed by atoms with Gasteiger partial charge in [-0.2, -0.15) is 0 Å². The maximum absolute atomic E-state index is 13.0. The van der Waals surface area contributed by atoms with Crippen LogP contribution in [0, 0.1) is 0 Å². The lowest BCUT2D eigenvalue weighted by Crippen LogP contribution is -2.28. The average molecular weight is 649 g/mol. The first-order valence-corrected chi connectivity index (χ1v) is 17.2. The highest BCUT2D eigenvalue weighted by molar-refractivity contribution is 6.09. The summed E-state index contributed by atoms with van der Waals surface area (Å²) in [5, 5.41) is 0. The Morgan fingerprint density at radius 1 is 0.729 bits per heavy atom. The summed E-state index contributed by atoms with van der Waals surface area (Å²) >= 11 is 0. The van der Waals surface area contributed by atoms with Crippen molar-refractivity contribution >= 4 is 35.0 Å². The number of ether oxygens (including phenoxy) is 2. The molecule has 0 bridgehead atoms. The van der Waals surface area contributed by atoms with Crippen LogP contribution in [0.5, 0.6) is 0 Å². The summed E-state index contributed by atoms with van der Waals surface area (Å²) in [6, 6.07) is 16.5. The predicted molar refractivity (Wildman–Crippen MR) is 187 cm³/mol. The van der Waals surface area contributed by atoms with Gasteiger partial charge in [0.2, 0.25) is 0 Å². The lowest BCUT2D eigenvalue weighted by molar-refractivity contribution is 0.0367. The Labute approximate surface area is 282 Å². The Morgan fingerprint density at radius 3 is 1.48 bits per heavy atom. The van der Waals surface area contributed by atoms with Gasteiger partial charge in [-0.25, -0.2) is 19.6 Å². The van der Waals surface area contributed by atoms with Crippen molar-refractivity contribution in [1.29, 1.82) is 0 Å². The van der Waals surface area contributed by atoms with Crippen LogP contribution in [0.4, 0.5) is 11.6 Å². The zero-order valence-corrected chi connectivity index (χ0v) is 28.6. The number of rotatable bonds is 10. The minimum atomic E-state index is -0.354. The van der Waals surface area contributed by atoms with Gasteiger partial charge in [0.25, 0.3) is 0 Å². The fraction of sp³-hybridized carbons (Fsp3) is 0.474. The molecule has 2 saturated carbocycles. The largest absolute Gasteiger partial charge is 0.459 e. The van der Waals surface area contributed by atoms with Gasteiger partial charge in [0.1, 0.15) is 22.8 Å². The van der Waals surface area contributed by atoms with Crippen LogP contribution in [0.25, 0.3) is 0 Å². The molecule has 7 rings (SSSR count). The second kappa shape index (κ2) is 12.1. The van der Waals surface area contributed by atoms with Gasteiger partial charge < -0.3 is 19.3 Å². The number of aliphatic imine (C=N–C) groups is 2. The monoisotopic (exact) mass is 648 g/mol. The molecule has 2 saturated heterocycles. The molecule has 10 nitrogen and oxygen atoms in total. The third kappa shape index (κ3) is 5.07. The number of hydrogen-bond donors (Lipinski definition) is 0. The number of fused-ring (bicyclic) bond motifs is 2. The van der Waals surface area contributed by atoms with Gasteiger partial charge in [-0.1, -0.05) is 24.3 Å². The molecule has 4 aliphatic rings. The Hall–Kier alpha value is -4.60. The van der Waals surface area contributed by atoms with E-state index in [-0.39, 0.29) is 47.1 Å². The molecule has 0 N–H and O–H groups in total. The minimum Gasteiger partial charge on any atom is -0.459 e. The van der Waals surface area contributed by atoms with E-state index in [2.05, 4.69) is 57.9 Å². The molecule has 250 valence electrons. The van der Waals surface area contributed by atoms with Crippen molar-refractivity contribution in [1.82, 2.24) is 9.97 Å². The topological polar surface area (TPSA) is 110 Å². The molecular weight excluding hydrogens is 604 g/mol. The summed E-state index contributed by atoms with van der Waals surface area (Å²) in [4.78, 5) is 49.9. The number of pyridine rings is 2. The first-order chi connectivity index (χ1) is 23.1. The SMILES string of the molecule is CCN=C1CN(c2ncccc2C(=O)OC(C)C)C2C[C@@]12c1ccc([C@@]23CC2N(c2ncccc2C(=O)OC(C)C)CC3=NCC)cc1. The molecule has 2 aliphatic carbocycles. The zero-order chi connectivity index (χ0) is 33.8. The van der Waals surface area contributed by atoms with Crippen LogP contribution >= 0.6 is 0 Å². The number of benzene rings is 1. The average Bonchev–Trinajstić information content (AvgIpc) is 3.95. The summed E-state index contributed by atoms with van der Waals surface area (Å²) in [6.07, 6.45) is 4.88. The van der Waals surface area contributed by atoms with Crippen LogP contribution in [0.2, 0.25) is 0 Å². The molecule has 4 fully saturated rings. The van der Waals surface area contributed by atoms with E-state index in [0.29, 0.717) is 48.9 Å².